The number of hydrogen-bond donors (Lipinski definition) is 2. The summed E-state index contributed by atoms with van der Waals surface area (Å²) in [6, 6.07) is 5.89. The summed E-state index contributed by atoms with van der Waals surface area (Å²) in [4.78, 5) is 22.7. The van der Waals surface area contributed by atoms with E-state index < -0.39 is 18.0 Å². The molecule has 1 aromatic rings. The minimum Gasteiger partial charge on any atom is -0.478 e. The SMILES string of the molecule is CC(O)COCCCOC(=O)c1ccccc1C(=O)O. The second-order valence-electron chi connectivity index (χ2n) is 4.26. The van der Waals surface area contributed by atoms with E-state index in [0.717, 1.165) is 0 Å². The number of carboxylic acids is 1. The Morgan fingerprint density at radius 1 is 1.20 bits per heavy atom. The Kier molecular flexibility index (Phi) is 6.69. The molecule has 0 aliphatic heterocycles. The number of aliphatic hydroxyl groups is 1. The maximum atomic E-state index is 11.7. The fourth-order valence-electron chi connectivity index (χ4n) is 1.51. The minimum atomic E-state index is -1.17. The molecule has 0 saturated carbocycles. The number of hydrogen-bond acceptors (Lipinski definition) is 5. The van der Waals surface area contributed by atoms with Crippen LogP contribution in [0.1, 0.15) is 34.1 Å². The van der Waals surface area contributed by atoms with Crippen molar-refractivity contribution in [1.82, 2.24) is 0 Å². The molecule has 1 unspecified atom stereocenters. The van der Waals surface area contributed by atoms with Gasteiger partial charge in [-0.15, -0.1) is 0 Å². The van der Waals surface area contributed by atoms with Gasteiger partial charge in [0, 0.05) is 13.0 Å². The highest BCUT2D eigenvalue weighted by atomic mass is 16.5. The third-order valence-electron chi connectivity index (χ3n) is 2.40. The first kappa shape index (κ1) is 16.1. The van der Waals surface area contributed by atoms with Gasteiger partial charge in [-0.3, -0.25) is 0 Å². The molecule has 110 valence electrons. The van der Waals surface area contributed by atoms with Gasteiger partial charge in [0.2, 0.25) is 0 Å². The summed E-state index contributed by atoms with van der Waals surface area (Å²) in [6.45, 7) is 2.34. The molecular weight excluding hydrogens is 264 g/mol. The van der Waals surface area contributed by atoms with Gasteiger partial charge in [-0.2, -0.15) is 0 Å². The van der Waals surface area contributed by atoms with Crippen molar-refractivity contribution in [2.24, 2.45) is 0 Å². The van der Waals surface area contributed by atoms with Crippen molar-refractivity contribution in [2.45, 2.75) is 19.4 Å². The maximum Gasteiger partial charge on any atom is 0.339 e. The fraction of sp³-hybridized carbons (Fsp3) is 0.429. The van der Waals surface area contributed by atoms with Gasteiger partial charge in [0.1, 0.15) is 0 Å². The molecule has 0 aromatic heterocycles. The van der Waals surface area contributed by atoms with Crippen LogP contribution in [0.3, 0.4) is 0 Å². The Morgan fingerprint density at radius 3 is 2.45 bits per heavy atom. The zero-order chi connectivity index (χ0) is 15.0. The molecule has 0 fully saturated rings. The zero-order valence-electron chi connectivity index (χ0n) is 11.2. The van der Waals surface area contributed by atoms with E-state index in [-0.39, 0.29) is 24.3 Å². The van der Waals surface area contributed by atoms with Gasteiger partial charge in [-0.05, 0) is 19.1 Å². The molecule has 6 nitrogen and oxygen atoms in total. The van der Waals surface area contributed by atoms with Crippen molar-refractivity contribution in [3.05, 3.63) is 35.4 Å². The van der Waals surface area contributed by atoms with Crippen LogP contribution in [-0.4, -0.2) is 48.1 Å². The van der Waals surface area contributed by atoms with Gasteiger partial charge in [-0.1, -0.05) is 12.1 Å². The van der Waals surface area contributed by atoms with E-state index in [1.807, 2.05) is 0 Å². The first-order valence-electron chi connectivity index (χ1n) is 6.27. The summed E-state index contributed by atoms with van der Waals surface area (Å²) in [7, 11) is 0. The highest BCUT2D eigenvalue weighted by Crippen LogP contribution is 2.10. The fourth-order valence-corrected chi connectivity index (χ4v) is 1.51. The third kappa shape index (κ3) is 5.38. The average Bonchev–Trinajstić information content (AvgIpc) is 2.42. The van der Waals surface area contributed by atoms with Gasteiger partial charge in [0.05, 0.1) is 30.4 Å². The Hall–Kier alpha value is -1.92. The molecule has 0 bridgehead atoms. The van der Waals surface area contributed by atoms with Crippen molar-refractivity contribution in [2.75, 3.05) is 19.8 Å². The standard InChI is InChI=1S/C14H18O6/c1-10(15)9-19-7-4-8-20-14(18)12-6-3-2-5-11(12)13(16)17/h2-3,5-6,10,15H,4,7-9H2,1H3,(H,16,17). The number of aromatic carboxylic acids is 1. The van der Waals surface area contributed by atoms with Crippen molar-refractivity contribution in [1.29, 1.82) is 0 Å². The summed E-state index contributed by atoms with van der Waals surface area (Å²) in [5.74, 6) is -1.84. The lowest BCUT2D eigenvalue weighted by molar-refractivity contribution is 0.0284. The lowest BCUT2D eigenvalue weighted by Crippen LogP contribution is -2.14. The van der Waals surface area contributed by atoms with Crippen LogP contribution in [-0.2, 0) is 9.47 Å². The van der Waals surface area contributed by atoms with Crippen LogP contribution in [0.2, 0.25) is 0 Å². The molecule has 1 rings (SSSR count). The van der Waals surface area contributed by atoms with Gasteiger partial charge >= 0.3 is 11.9 Å². The smallest absolute Gasteiger partial charge is 0.339 e. The third-order valence-corrected chi connectivity index (χ3v) is 2.40. The second-order valence-corrected chi connectivity index (χ2v) is 4.26. The van der Waals surface area contributed by atoms with Crippen LogP contribution in [0.25, 0.3) is 0 Å². The van der Waals surface area contributed by atoms with E-state index in [1.54, 1.807) is 19.1 Å². The highest BCUT2D eigenvalue weighted by molar-refractivity contribution is 6.02. The Labute approximate surface area is 116 Å². The first-order chi connectivity index (χ1) is 9.52. The monoisotopic (exact) mass is 282 g/mol. The van der Waals surface area contributed by atoms with Crippen molar-refractivity contribution in [3.8, 4) is 0 Å². The molecule has 1 aromatic carbocycles. The van der Waals surface area contributed by atoms with E-state index in [2.05, 4.69) is 0 Å². The highest BCUT2D eigenvalue weighted by Gasteiger charge is 2.16. The minimum absolute atomic E-state index is 0.0323. The zero-order valence-corrected chi connectivity index (χ0v) is 11.2. The molecule has 20 heavy (non-hydrogen) atoms. The van der Waals surface area contributed by atoms with Crippen molar-refractivity contribution < 1.29 is 29.3 Å². The lowest BCUT2D eigenvalue weighted by atomic mass is 10.1. The van der Waals surface area contributed by atoms with Gasteiger partial charge in [0.15, 0.2) is 0 Å². The molecular formula is C14H18O6. The van der Waals surface area contributed by atoms with Crippen LogP contribution in [0.5, 0.6) is 0 Å². The molecule has 0 radical (unpaired) electrons. The molecule has 0 aliphatic rings. The quantitative estimate of drug-likeness (QED) is 0.552. The number of rotatable bonds is 8. The summed E-state index contributed by atoms with van der Waals surface area (Å²) >= 11 is 0. The van der Waals surface area contributed by atoms with Gasteiger partial charge < -0.3 is 19.7 Å². The van der Waals surface area contributed by atoms with Crippen molar-refractivity contribution >= 4 is 11.9 Å². The van der Waals surface area contributed by atoms with E-state index in [1.165, 1.54) is 12.1 Å². The predicted octanol–water partition coefficient (Wildman–Crippen LogP) is 1.33. The largest absolute Gasteiger partial charge is 0.478 e. The summed E-state index contributed by atoms with van der Waals surface area (Å²) in [5, 5.41) is 17.9. The number of carboxylic acid groups (broad SMARTS) is 1. The number of carbonyl (C=O) groups is 2. The van der Waals surface area contributed by atoms with Crippen LogP contribution in [0.15, 0.2) is 24.3 Å². The van der Waals surface area contributed by atoms with Crippen LogP contribution >= 0.6 is 0 Å². The summed E-state index contributed by atoms with van der Waals surface area (Å²) in [5.41, 5.74) is -0.0484. The Bertz CT molecular complexity index is 455. The molecule has 6 heteroatoms. The van der Waals surface area contributed by atoms with E-state index in [4.69, 9.17) is 19.7 Å². The van der Waals surface area contributed by atoms with Crippen LogP contribution in [0.4, 0.5) is 0 Å². The number of esters is 1. The maximum absolute atomic E-state index is 11.7. The van der Waals surface area contributed by atoms with E-state index >= 15 is 0 Å². The molecule has 0 heterocycles. The second kappa shape index (κ2) is 8.29. The summed E-state index contributed by atoms with van der Waals surface area (Å²) < 4.78 is 10.1. The topological polar surface area (TPSA) is 93.1 Å². The normalized spacial score (nSPS) is 11.9. The Balaban J connectivity index is 2.38. The lowest BCUT2D eigenvalue weighted by Gasteiger charge is -2.08. The molecule has 2 N–H and O–H groups in total. The Morgan fingerprint density at radius 2 is 1.85 bits per heavy atom. The molecule has 1 atom stereocenters. The average molecular weight is 282 g/mol. The molecule has 0 amide bonds. The van der Waals surface area contributed by atoms with E-state index in [0.29, 0.717) is 13.0 Å². The number of carbonyl (C=O) groups excluding carboxylic acids is 1. The summed E-state index contributed by atoms with van der Waals surface area (Å²) in [6.07, 6.45) is -0.0479. The van der Waals surface area contributed by atoms with Crippen molar-refractivity contribution in [3.63, 3.8) is 0 Å². The molecule has 0 aliphatic carbocycles. The molecule has 0 spiro atoms. The van der Waals surface area contributed by atoms with Gasteiger partial charge in [-0.25, -0.2) is 9.59 Å². The van der Waals surface area contributed by atoms with E-state index in [9.17, 15) is 9.59 Å². The van der Waals surface area contributed by atoms with Crippen LogP contribution < -0.4 is 0 Å². The predicted molar refractivity (Wildman–Crippen MR) is 70.8 cm³/mol. The first-order valence-corrected chi connectivity index (χ1v) is 6.27. The molecule has 0 saturated heterocycles. The number of ether oxygens (including phenoxy) is 2. The van der Waals surface area contributed by atoms with Gasteiger partial charge in [0.25, 0.3) is 0 Å². The number of benzene rings is 1. The number of aliphatic hydroxyl groups excluding tert-OH is 1. The van der Waals surface area contributed by atoms with Crippen LogP contribution in [0, 0.1) is 0 Å².